The van der Waals surface area contributed by atoms with Crippen molar-refractivity contribution in [1.29, 1.82) is 0 Å². The number of para-hydroxylation sites is 1. The van der Waals surface area contributed by atoms with Gasteiger partial charge in [-0.15, -0.1) is 0 Å². The number of rotatable bonds is 4. The summed E-state index contributed by atoms with van der Waals surface area (Å²) in [6.45, 7) is 5.79. The Bertz CT molecular complexity index is 1180. The highest BCUT2D eigenvalue weighted by Crippen LogP contribution is 2.37. The Labute approximate surface area is 198 Å². The lowest BCUT2D eigenvalue weighted by Crippen LogP contribution is -2.35. The van der Waals surface area contributed by atoms with Crippen LogP contribution in [0.2, 0.25) is 0 Å². The average Bonchev–Trinajstić information content (AvgIpc) is 2.76. The molecule has 0 saturated heterocycles. The van der Waals surface area contributed by atoms with Crippen molar-refractivity contribution in [3.8, 4) is 0 Å². The van der Waals surface area contributed by atoms with Gasteiger partial charge in [-0.05, 0) is 46.9 Å². The van der Waals surface area contributed by atoms with E-state index < -0.39 is 41.2 Å². The minimum atomic E-state index is -4.80. The van der Waals surface area contributed by atoms with Crippen LogP contribution in [0.4, 0.5) is 36.8 Å². The number of carbonyl (C=O) groups excluding carboxylic acids is 1. The Balaban J connectivity index is 2.02. The van der Waals surface area contributed by atoms with Crippen LogP contribution in [0, 0.1) is 0 Å². The van der Waals surface area contributed by atoms with Crippen molar-refractivity contribution in [3.63, 3.8) is 0 Å². The van der Waals surface area contributed by atoms with Crippen LogP contribution >= 0.6 is 0 Å². The third-order valence-electron chi connectivity index (χ3n) is 5.25. The Kier molecular flexibility index (Phi) is 7.14. The number of alkyl halides is 6. The molecule has 1 unspecified atom stereocenters. The lowest BCUT2D eigenvalue weighted by Gasteiger charge is -2.25. The lowest BCUT2D eigenvalue weighted by molar-refractivity contribution is -0.139. The van der Waals surface area contributed by atoms with Crippen LogP contribution in [0.3, 0.4) is 0 Å². The van der Waals surface area contributed by atoms with E-state index in [4.69, 9.17) is 0 Å². The molecule has 2 aromatic carbocycles. The average molecular weight is 495 g/mol. The van der Waals surface area contributed by atoms with E-state index in [1.54, 1.807) is 18.2 Å². The van der Waals surface area contributed by atoms with Crippen LogP contribution in [0.25, 0.3) is 0 Å². The molecule has 0 aliphatic heterocycles. The summed E-state index contributed by atoms with van der Waals surface area (Å²) in [7, 11) is 0. The zero-order valence-corrected chi connectivity index (χ0v) is 19.1. The van der Waals surface area contributed by atoms with Gasteiger partial charge in [-0.1, -0.05) is 51.1 Å². The number of nitrogens with one attached hydrogen (secondary N) is 2. The van der Waals surface area contributed by atoms with Gasteiger partial charge in [-0.3, -0.25) is 4.98 Å². The second kappa shape index (κ2) is 9.59. The fourth-order valence-corrected chi connectivity index (χ4v) is 3.60. The zero-order valence-electron chi connectivity index (χ0n) is 19.1. The number of urea groups is 1. The van der Waals surface area contributed by atoms with E-state index in [-0.39, 0.29) is 11.0 Å². The SMILES string of the molecule is CC(C)(C)c1ccccc1NC(=O)NC(c1ccc(C(F)(F)F)cc1)c1ncccc1C(F)(F)F. The van der Waals surface area contributed by atoms with E-state index in [1.807, 2.05) is 26.8 Å². The normalized spacial score (nSPS) is 13.3. The fourth-order valence-electron chi connectivity index (χ4n) is 3.60. The third kappa shape index (κ3) is 6.32. The van der Waals surface area contributed by atoms with Crippen molar-refractivity contribution < 1.29 is 31.1 Å². The first-order valence-electron chi connectivity index (χ1n) is 10.5. The molecule has 0 saturated carbocycles. The van der Waals surface area contributed by atoms with Gasteiger partial charge in [-0.2, -0.15) is 26.3 Å². The first-order chi connectivity index (χ1) is 16.2. The van der Waals surface area contributed by atoms with E-state index in [2.05, 4.69) is 15.6 Å². The summed E-state index contributed by atoms with van der Waals surface area (Å²) in [6.07, 6.45) is -8.31. The van der Waals surface area contributed by atoms with E-state index in [0.29, 0.717) is 5.69 Å². The molecule has 1 aromatic heterocycles. The standard InChI is InChI=1S/C25H23F6N3O/c1-23(2,3)17-7-4-5-9-19(17)33-22(35)34-20(15-10-12-16(13-11-15)24(26,27)28)21-18(25(29,30)31)8-6-14-32-21/h4-14,20H,1-3H3,(H2,33,34,35). The monoisotopic (exact) mass is 495 g/mol. The number of benzene rings is 2. The number of carbonyl (C=O) groups is 1. The molecule has 0 aliphatic rings. The predicted molar refractivity (Wildman–Crippen MR) is 120 cm³/mol. The molecule has 35 heavy (non-hydrogen) atoms. The minimum absolute atomic E-state index is 0.00135. The number of anilines is 1. The molecule has 0 fully saturated rings. The van der Waals surface area contributed by atoms with Crippen molar-refractivity contribution in [1.82, 2.24) is 10.3 Å². The highest BCUT2D eigenvalue weighted by molar-refractivity contribution is 5.91. The van der Waals surface area contributed by atoms with Gasteiger partial charge in [0, 0.05) is 11.9 Å². The lowest BCUT2D eigenvalue weighted by atomic mass is 9.86. The van der Waals surface area contributed by atoms with Crippen LogP contribution < -0.4 is 10.6 Å². The number of pyridine rings is 1. The molecule has 3 rings (SSSR count). The maximum absolute atomic E-state index is 13.7. The Hall–Kier alpha value is -3.56. The van der Waals surface area contributed by atoms with Gasteiger partial charge in [0.25, 0.3) is 0 Å². The second-order valence-electron chi connectivity index (χ2n) is 8.88. The van der Waals surface area contributed by atoms with Gasteiger partial charge in [0.2, 0.25) is 0 Å². The number of hydrogen-bond acceptors (Lipinski definition) is 2. The summed E-state index contributed by atoms with van der Waals surface area (Å²) in [6, 6.07) is 10.0. The maximum Gasteiger partial charge on any atom is 0.418 e. The molecule has 2 amide bonds. The first-order valence-corrected chi connectivity index (χ1v) is 10.5. The summed E-state index contributed by atoms with van der Waals surface area (Å²) in [4.78, 5) is 16.7. The molecule has 10 heteroatoms. The highest BCUT2D eigenvalue weighted by atomic mass is 19.4. The Morgan fingerprint density at radius 1 is 0.800 bits per heavy atom. The minimum Gasteiger partial charge on any atom is -0.325 e. The summed E-state index contributed by atoms with van der Waals surface area (Å²) >= 11 is 0. The van der Waals surface area contributed by atoms with E-state index in [1.165, 1.54) is 0 Å². The Morgan fingerprint density at radius 2 is 1.40 bits per heavy atom. The van der Waals surface area contributed by atoms with Crippen LogP contribution in [0.1, 0.15) is 54.8 Å². The van der Waals surface area contributed by atoms with Gasteiger partial charge in [0.05, 0.1) is 22.9 Å². The smallest absolute Gasteiger partial charge is 0.325 e. The quantitative estimate of drug-likeness (QED) is 0.373. The predicted octanol–water partition coefficient (Wildman–Crippen LogP) is 7.33. The molecular weight excluding hydrogens is 472 g/mol. The number of hydrogen-bond donors (Lipinski definition) is 2. The topological polar surface area (TPSA) is 54.0 Å². The van der Waals surface area contributed by atoms with Crippen LogP contribution in [0.15, 0.2) is 66.9 Å². The molecule has 0 bridgehead atoms. The van der Waals surface area contributed by atoms with Gasteiger partial charge in [0.15, 0.2) is 0 Å². The molecule has 2 N–H and O–H groups in total. The number of nitrogens with zero attached hydrogens (tertiary/aromatic N) is 1. The largest absolute Gasteiger partial charge is 0.418 e. The van der Waals surface area contributed by atoms with Crippen molar-refractivity contribution in [2.75, 3.05) is 5.32 Å². The second-order valence-corrected chi connectivity index (χ2v) is 8.88. The van der Waals surface area contributed by atoms with Gasteiger partial charge in [-0.25, -0.2) is 4.79 Å². The van der Waals surface area contributed by atoms with Crippen molar-refractivity contribution >= 4 is 11.7 Å². The molecule has 0 radical (unpaired) electrons. The molecule has 4 nitrogen and oxygen atoms in total. The number of halogens is 6. The van der Waals surface area contributed by atoms with Gasteiger partial charge in [0.1, 0.15) is 0 Å². The molecule has 1 atom stereocenters. The van der Waals surface area contributed by atoms with Gasteiger partial charge >= 0.3 is 18.4 Å². The van der Waals surface area contributed by atoms with Gasteiger partial charge < -0.3 is 10.6 Å². The molecule has 0 aliphatic carbocycles. The van der Waals surface area contributed by atoms with Crippen molar-refractivity contribution in [2.24, 2.45) is 0 Å². The summed E-state index contributed by atoms with van der Waals surface area (Å²) < 4.78 is 80.1. The Morgan fingerprint density at radius 3 is 1.97 bits per heavy atom. The summed E-state index contributed by atoms with van der Waals surface area (Å²) in [5.74, 6) is 0. The van der Waals surface area contributed by atoms with Crippen LogP contribution in [0.5, 0.6) is 0 Å². The maximum atomic E-state index is 13.7. The van der Waals surface area contributed by atoms with Crippen LogP contribution in [-0.4, -0.2) is 11.0 Å². The molecular formula is C25H23F6N3O. The highest BCUT2D eigenvalue weighted by Gasteiger charge is 2.37. The fraction of sp³-hybridized carbons (Fsp3) is 0.280. The van der Waals surface area contributed by atoms with E-state index in [0.717, 1.165) is 48.2 Å². The molecule has 3 aromatic rings. The molecule has 186 valence electrons. The summed E-state index contributed by atoms with van der Waals surface area (Å²) in [5.41, 5.74) is -1.74. The van der Waals surface area contributed by atoms with E-state index >= 15 is 0 Å². The van der Waals surface area contributed by atoms with Crippen LogP contribution in [-0.2, 0) is 17.8 Å². The first kappa shape index (κ1) is 26.1. The zero-order chi connectivity index (χ0) is 26.0. The van der Waals surface area contributed by atoms with Crippen molar-refractivity contribution in [3.05, 3.63) is 94.8 Å². The summed E-state index contributed by atoms with van der Waals surface area (Å²) in [5, 5.41) is 5.10. The van der Waals surface area contributed by atoms with E-state index in [9.17, 15) is 31.1 Å². The molecule has 1 heterocycles. The number of aromatic nitrogens is 1. The van der Waals surface area contributed by atoms with Crippen molar-refractivity contribution in [2.45, 2.75) is 44.6 Å². The third-order valence-corrected chi connectivity index (χ3v) is 5.25. The molecule has 0 spiro atoms. The number of amides is 2.